The number of nitrogens with one attached hydrogen (secondary N) is 2. The third kappa shape index (κ3) is 7.15. The molecule has 0 fully saturated rings. The maximum absolute atomic E-state index is 13.4. The topological polar surface area (TPSA) is 139 Å². The number of sulfone groups is 1. The van der Waals surface area contributed by atoms with Crippen LogP contribution >= 0.6 is 0 Å². The van der Waals surface area contributed by atoms with Gasteiger partial charge in [0.15, 0.2) is 9.84 Å². The van der Waals surface area contributed by atoms with Crippen LogP contribution < -0.4 is 16.7 Å². The number of nitrogens with two attached hydrogens (primary N) is 1. The first-order chi connectivity index (χ1) is 14.9. The molecule has 0 aromatic heterocycles. The second-order valence-corrected chi connectivity index (χ2v) is 11.4. The molecule has 1 aromatic rings. The Hall–Kier alpha value is -2.23. The van der Waals surface area contributed by atoms with Gasteiger partial charge in [-0.25, -0.2) is 19.7 Å². The van der Waals surface area contributed by atoms with E-state index in [1.54, 1.807) is 11.6 Å². The number of hydrazine groups is 1. The fraction of sp³-hybridized carbons (Fsp3) is 0.565. The van der Waals surface area contributed by atoms with Gasteiger partial charge in [-0.05, 0) is 36.7 Å². The summed E-state index contributed by atoms with van der Waals surface area (Å²) in [6.45, 7) is 7.63. The van der Waals surface area contributed by atoms with Crippen LogP contribution in [0, 0.1) is 23.7 Å². The van der Waals surface area contributed by atoms with Crippen molar-refractivity contribution in [1.29, 1.82) is 0 Å². The molecule has 3 atom stereocenters. The molecule has 2 amide bonds. The van der Waals surface area contributed by atoms with Crippen molar-refractivity contribution in [2.45, 2.75) is 51.7 Å². The molecule has 0 heterocycles. The van der Waals surface area contributed by atoms with Crippen LogP contribution in [-0.2, 0) is 19.4 Å². The monoisotopic (exact) mass is 467 g/mol. The maximum Gasteiger partial charge on any atom is 0.249 e. The first-order valence-corrected chi connectivity index (χ1v) is 12.7. The third-order valence-corrected chi connectivity index (χ3v) is 7.66. The van der Waals surface area contributed by atoms with Gasteiger partial charge in [0.25, 0.3) is 0 Å². The van der Waals surface area contributed by atoms with Gasteiger partial charge in [0.2, 0.25) is 11.8 Å². The first-order valence-electron chi connectivity index (χ1n) is 10.8. The second-order valence-electron chi connectivity index (χ2n) is 9.10. The first kappa shape index (κ1) is 27.8. The van der Waals surface area contributed by atoms with Crippen molar-refractivity contribution in [3.8, 4) is 0 Å². The molecule has 0 saturated carbocycles. The summed E-state index contributed by atoms with van der Waals surface area (Å²) in [6.07, 6.45) is 4.99. The number of hydrogen-bond donors (Lipinski definition) is 4. The van der Waals surface area contributed by atoms with E-state index in [4.69, 9.17) is 5.84 Å². The van der Waals surface area contributed by atoms with E-state index in [2.05, 4.69) is 5.43 Å². The van der Waals surface area contributed by atoms with Crippen LogP contribution in [0.1, 0.15) is 52.5 Å². The predicted octanol–water partition coefficient (Wildman–Crippen LogP) is 2.69. The van der Waals surface area contributed by atoms with E-state index in [1.807, 2.05) is 58.0 Å². The van der Waals surface area contributed by atoms with Gasteiger partial charge in [-0.2, -0.15) is 0 Å². The standard InChI is InChI=1S/C23H37N3O5S/c1-16(2)11-13-23(32(5,30)31,14-12-18-9-7-6-8-10-18)20(22(28)26-29)19(15-17(3)4)21(27)25-24/h6-10,12,14,16-17,19-20,29H,11,13,15,24H2,1-5H3,(H,25,27)(H,26,28)/b14-12+/t19-,20+,23?/m1/s1. The number of amides is 2. The van der Waals surface area contributed by atoms with Crippen molar-refractivity contribution >= 4 is 27.7 Å². The molecule has 0 aliphatic carbocycles. The Balaban J connectivity index is 3.86. The summed E-state index contributed by atoms with van der Waals surface area (Å²) in [7, 11) is -3.95. The average Bonchev–Trinajstić information content (AvgIpc) is 2.73. The van der Waals surface area contributed by atoms with Crippen LogP contribution in [0.4, 0.5) is 0 Å². The molecule has 0 aliphatic rings. The Morgan fingerprint density at radius 2 is 1.69 bits per heavy atom. The van der Waals surface area contributed by atoms with Crippen molar-refractivity contribution in [2.75, 3.05) is 6.26 Å². The van der Waals surface area contributed by atoms with E-state index in [9.17, 15) is 23.2 Å². The molecule has 0 radical (unpaired) electrons. The molecular formula is C23H37N3O5S. The van der Waals surface area contributed by atoms with Crippen LogP contribution in [0.3, 0.4) is 0 Å². The van der Waals surface area contributed by atoms with Gasteiger partial charge < -0.3 is 0 Å². The number of hydrogen-bond acceptors (Lipinski definition) is 6. The van der Waals surface area contributed by atoms with Gasteiger partial charge in [-0.1, -0.05) is 70.2 Å². The summed E-state index contributed by atoms with van der Waals surface area (Å²) < 4.78 is 25.0. The molecule has 9 heteroatoms. The highest BCUT2D eigenvalue weighted by molar-refractivity contribution is 7.92. The van der Waals surface area contributed by atoms with Crippen molar-refractivity contribution in [1.82, 2.24) is 10.9 Å². The van der Waals surface area contributed by atoms with Crippen LogP contribution in [0.25, 0.3) is 6.08 Å². The minimum absolute atomic E-state index is 0.0354. The van der Waals surface area contributed by atoms with Gasteiger partial charge >= 0.3 is 0 Å². The highest BCUT2D eigenvalue weighted by Gasteiger charge is 2.54. The van der Waals surface area contributed by atoms with E-state index in [0.29, 0.717) is 6.42 Å². The number of benzene rings is 1. The fourth-order valence-electron chi connectivity index (χ4n) is 4.02. The quantitative estimate of drug-likeness (QED) is 0.161. The van der Waals surface area contributed by atoms with E-state index >= 15 is 0 Å². The summed E-state index contributed by atoms with van der Waals surface area (Å²) in [5.74, 6) is 1.45. The van der Waals surface area contributed by atoms with Gasteiger partial charge in [0, 0.05) is 6.26 Å². The fourth-order valence-corrected chi connectivity index (χ4v) is 5.56. The Morgan fingerprint density at radius 1 is 1.09 bits per heavy atom. The lowest BCUT2D eigenvalue weighted by Crippen LogP contribution is -2.57. The molecule has 0 spiro atoms. The normalized spacial score (nSPS) is 16.0. The summed E-state index contributed by atoms with van der Waals surface area (Å²) >= 11 is 0. The molecule has 180 valence electrons. The third-order valence-electron chi connectivity index (χ3n) is 5.69. The van der Waals surface area contributed by atoms with Crippen molar-refractivity contribution in [3.05, 3.63) is 42.0 Å². The van der Waals surface area contributed by atoms with Gasteiger partial charge in [0.05, 0.1) is 11.8 Å². The number of carbonyl (C=O) groups excluding carboxylic acids is 2. The smallest absolute Gasteiger partial charge is 0.249 e. The summed E-state index contributed by atoms with van der Waals surface area (Å²) in [5, 5.41) is 9.55. The van der Waals surface area contributed by atoms with Gasteiger partial charge in [-0.15, -0.1) is 0 Å². The number of hydroxylamine groups is 1. The highest BCUT2D eigenvalue weighted by Crippen LogP contribution is 2.41. The molecule has 0 bridgehead atoms. The molecule has 32 heavy (non-hydrogen) atoms. The molecule has 1 unspecified atom stereocenters. The molecule has 0 aliphatic heterocycles. The Bertz CT molecular complexity index is 884. The van der Waals surface area contributed by atoms with Crippen LogP contribution in [0.5, 0.6) is 0 Å². The second kappa shape index (κ2) is 12.1. The molecule has 1 aromatic carbocycles. The summed E-state index contributed by atoms with van der Waals surface area (Å²) in [6, 6.07) is 9.09. The van der Waals surface area contributed by atoms with Gasteiger partial charge in [0.1, 0.15) is 4.75 Å². The minimum Gasteiger partial charge on any atom is -0.294 e. The number of rotatable bonds is 12. The van der Waals surface area contributed by atoms with Crippen LogP contribution in [0.15, 0.2) is 36.4 Å². The van der Waals surface area contributed by atoms with Crippen LogP contribution in [-0.4, -0.2) is 36.4 Å². The molecular weight excluding hydrogens is 430 g/mol. The Morgan fingerprint density at radius 3 is 2.12 bits per heavy atom. The maximum atomic E-state index is 13.4. The van der Waals surface area contributed by atoms with E-state index in [-0.39, 0.29) is 24.7 Å². The van der Waals surface area contributed by atoms with Gasteiger partial charge in [-0.3, -0.25) is 20.2 Å². The predicted molar refractivity (Wildman–Crippen MR) is 126 cm³/mol. The highest BCUT2D eigenvalue weighted by atomic mass is 32.2. The zero-order valence-corrected chi connectivity index (χ0v) is 20.4. The number of carbonyl (C=O) groups is 2. The average molecular weight is 468 g/mol. The molecule has 8 nitrogen and oxygen atoms in total. The van der Waals surface area contributed by atoms with E-state index in [0.717, 1.165) is 11.8 Å². The lowest BCUT2D eigenvalue weighted by atomic mass is 9.73. The SMILES string of the molecule is CC(C)CCC(/C=C/c1ccccc1)([C@H](C(=O)NO)[C@@H](CC(C)C)C(=O)NN)S(C)(=O)=O. The Labute approximate surface area is 191 Å². The minimum atomic E-state index is -3.95. The molecule has 0 saturated heterocycles. The zero-order valence-electron chi connectivity index (χ0n) is 19.5. The summed E-state index contributed by atoms with van der Waals surface area (Å²) in [4.78, 5) is 25.8. The van der Waals surface area contributed by atoms with Crippen LogP contribution in [0.2, 0.25) is 0 Å². The zero-order chi connectivity index (χ0) is 24.5. The molecule has 1 rings (SSSR count). The summed E-state index contributed by atoms with van der Waals surface area (Å²) in [5.41, 5.74) is 4.42. The lowest BCUT2D eigenvalue weighted by Gasteiger charge is -2.40. The van der Waals surface area contributed by atoms with Crippen molar-refractivity contribution < 1.29 is 23.2 Å². The van der Waals surface area contributed by atoms with E-state index < -0.39 is 38.2 Å². The van der Waals surface area contributed by atoms with Crippen molar-refractivity contribution in [2.24, 2.45) is 29.5 Å². The lowest BCUT2D eigenvalue weighted by molar-refractivity contribution is -0.142. The van der Waals surface area contributed by atoms with E-state index in [1.165, 1.54) is 6.08 Å². The van der Waals surface area contributed by atoms with Crippen molar-refractivity contribution in [3.63, 3.8) is 0 Å². The largest absolute Gasteiger partial charge is 0.294 e. The molecule has 5 N–H and O–H groups in total. The Kier molecular flexibility index (Phi) is 10.5.